The minimum absolute atomic E-state index is 0.00128. The fourth-order valence-electron chi connectivity index (χ4n) is 3.71. The van der Waals surface area contributed by atoms with Crippen molar-refractivity contribution in [1.29, 1.82) is 0 Å². The van der Waals surface area contributed by atoms with Crippen molar-refractivity contribution in [1.82, 2.24) is 10.2 Å². The molecule has 1 aliphatic heterocycles. The quantitative estimate of drug-likeness (QED) is 0.756. The SMILES string of the molecule is CN1C[C@H](NC(=O)Nc2ccc3c(c2)Cc2ccccc2-3)CCC1=O. The van der Waals surface area contributed by atoms with Gasteiger partial charge in [-0.15, -0.1) is 0 Å². The highest BCUT2D eigenvalue weighted by atomic mass is 16.2. The monoisotopic (exact) mass is 335 g/mol. The van der Waals surface area contributed by atoms with Crippen LogP contribution < -0.4 is 10.6 Å². The van der Waals surface area contributed by atoms with Crippen LogP contribution >= 0.6 is 0 Å². The van der Waals surface area contributed by atoms with Crippen LogP contribution in [0.2, 0.25) is 0 Å². The number of hydrogen-bond acceptors (Lipinski definition) is 2. The fraction of sp³-hybridized carbons (Fsp3) is 0.300. The predicted octanol–water partition coefficient (Wildman–Crippen LogP) is 3.00. The van der Waals surface area contributed by atoms with Crippen molar-refractivity contribution < 1.29 is 9.59 Å². The first-order valence-electron chi connectivity index (χ1n) is 8.63. The number of hydrogen-bond donors (Lipinski definition) is 2. The topological polar surface area (TPSA) is 61.4 Å². The van der Waals surface area contributed by atoms with Gasteiger partial charge < -0.3 is 15.5 Å². The van der Waals surface area contributed by atoms with Crippen LogP contribution in [0.5, 0.6) is 0 Å². The summed E-state index contributed by atoms with van der Waals surface area (Å²) < 4.78 is 0. The van der Waals surface area contributed by atoms with E-state index in [1.165, 1.54) is 22.3 Å². The summed E-state index contributed by atoms with van der Waals surface area (Å²) in [7, 11) is 1.77. The molecule has 3 amide bonds. The molecule has 0 saturated carbocycles. The summed E-state index contributed by atoms with van der Waals surface area (Å²) in [5.74, 6) is 0.136. The summed E-state index contributed by atoms with van der Waals surface area (Å²) in [6.07, 6.45) is 2.08. The van der Waals surface area contributed by atoms with Gasteiger partial charge in [-0.2, -0.15) is 0 Å². The lowest BCUT2D eigenvalue weighted by Crippen LogP contribution is -2.49. The van der Waals surface area contributed by atoms with Crippen LogP contribution in [0.4, 0.5) is 10.5 Å². The maximum atomic E-state index is 12.3. The van der Waals surface area contributed by atoms with Crippen LogP contribution in [0.3, 0.4) is 0 Å². The Hall–Kier alpha value is -2.82. The van der Waals surface area contributed by atoms with Crippen molar-refractivity contribution in [2.75, 3.05) is 18.9 Å². The first-order chi connectivity index (χ1) is 12.1. The third kappa shape index (κ3) is 3.09. The Bertz CT molecular complexity index is 847. The van der Waals surface area contributed by atoms with Gasteiger partial charge in [0.1, 0.15) is 0 Å². The number of piperidine rings is 1. The molecule has 2 aliphatic rings. The van der Waals surface area contributed by atoms with E-state index in [0.717, 1.165) is 12.1 Å². The zero-order chi connectivity index (χ0) is 17.4. The fourth-order valence-corrected chi connectivity index (χ4v) is 3.71. The molecule has 5 nitrogen and oxygen atoms in total. The van der Waals surface area contributed by atoms with E-state index in [2.05, 4.69) is 41.0 Å². The Kier molecular flexibility index (Phi) is 3.92. The Morgan fingerprint density at radius 1 is 1.12 bits per heavy atom. The maximum Gasteiger partial charge on any atom is 0.319 e. The smallest absolute Gasteiger partial charge is 0.319 e. The van der Waals surface area contributed by atoms with Crippen molar-refractivity contribution in [2.45, 2.75) is 25.3 Å². The largest absolute Gasteiger partial charge is 0.344 e. The molecule has 0 unspecified atom stereocenters. The number of amides is 3. The molecule has 1 fully saturated rings. The van der Waals surface area contributed by atoms with Gasteiger partial charge in [-0.3, -0.25) is 4.79 Å². The van der Waals surface area contributed by atoms with Crippen molar-refractivity contribution >= 4 is 17.6 Å². The molecule has 0 aromatic heterocycles. The molecule has 2 aromatic rings. The van der Waals surface area contributed by atoms with E-state index in [1.54, 1.807) is 11.9 Å². The van der Waals surface area contributed by atoms with Crippen molar-refractivity contribution in [3.8, 4) is 11.1 Å². The van der Waals surface area contributed by atoms with Gasteiger partial charge in [0, 0.05) is 31.7 Å². The standard InChI is InChI=1S/C20H21N3O2/c1-23-12-16(7-9-19(23)24)22-20(25)21-15-6-8-18-14(11-15)10-13-4-2-3-5-17(13)18/h2-6,8,11,16H,7,9-10,12H2,1H3,(H2,21,22,25)/t16-/m1/s1. The minimum atomic E-state index is -0.219. The molecular formula is C20H21N3O2. The van der Waals surface area contributed by atoms with Crippen LogP contribution in [-0.4, -0.2) is 36.5 Å². The molecule has 4 rings (SSSR count). The molecule has 0 bridgehead atoms. The van der Waals surface area contributed by atoms with Gasteiger partial charge in [0.05, 0.1) is 0 Å². The van der Waals surface area contributed by atoms with Crippen LogP contribution in [0.1, 0.15) is 24.0 Å². The Morgan fingerprint density at radius 2 is 1.92 bits per heavy atom. The van der Waals surface area contributed by atoms with Gasteiger partial charge in [-0.05, 0) is 47.2 Å². The number of likely N-dealkylation sites (tertiary alicyclic amines) is 1. The van der Waals surface area contributed by atoms with E-state index in [4.69, 9.17) is 0 Å². The maximum absolute atomic E-state index is 12.3. The number of benzene rings is 2. The van der Waals surface area contributed by atoms with Crippen LogP contribution in [0.15, 0.2) is 42.5 Å². The van der Waals surface area contributed by atoms with E-state index < -0.39 is 0 Å². The number of nitrogens with one attached hydrogen (secondary N) is 2. The van der Waals surface area contributed by atoms with Crippen molar-refractivity contribution in [3.05, 3.63) is 53.6 Å². The molecule has 2 N–H and O–H groups in total. The molecule has 1 aliphatic carbocycles. The predicted molar refractivity (Wildman–Crippen MR) is 97.5 cm³/mol. The average molecular weight is 335 g/mol. The number of nitrogens with zero attached hydrogens (tertiary/aromatic N) is 1. The van der Waals surface area contributed by atoms with Gasteiger partial charge in [-0.25, -0.2) is 4.79 Å². The van der Waals surface area contributed by atoms with Gasteiger partial charge in [0.25, 0.3) is 0 Å². The number of urea groups is 1. The third-order valence-corrected chi connectivity index (χ3v) is 5.01. The van der Waals surface area contributed by atoms with Gasteiger partial charge in [-0.1, -0.05) is 30.3 Å². The summed E-state index contributed by atoms with van der Waals surface area (Å²) in [5.41, 5.74) is 5.89. The van der Waals surface area contributed by atoms with E-state index in [9.17, 15) is 9.59 Å². The van der Waals surface area contributed by atoms with E-state index >= 15 is 0 Å². The molecule has 5 heteroatoms. The van der Waals surface area contributed by atoms with Crippen molar-refractivity contribution in [2.24, 2.45) is 0 Å². The van der Waals surface area contributed by atoms with Gasteiger partial charge in [0.2, 0.25) is 5.91 Å². The lowest BCUT2D eigenvalue weighted by Gasteiger charge is -2.30. The summed E-state index contributed by atoms with van der Waals surface area (Å²) in [4.78, 5) is 25.4. The zero-order valence-corrected chi connectivity index (χ0v) is 14.2. The number of rotatable bonds is 2. The summed E-state index contributed by atoms with van der Waals surface area (Å²) in [6, 6.07) is 14.2. The van der Waals surface area contributed by atoms with E-state index in [0.29, 0.717) is 19.4 Å². The number of carbonyl (C=O) groups is 2. The highest BCUT2D eigenvalue weighted by molar-refractivity contribution is 5.91. The molecule has 1 saturated heterocycles. The molecule has 25 heavy (non-hydrogen) atoms. The van der Waals surface area contributed by atoms with Crippen molar-refractivity contribution in [3.63, 3.8) is 0 Å². The number of carbonyl (C=O) groups excluding carboxylic acids is 2. The molecule has 0 spiro atoms. The van der Waals surface area contributed by atoms with Crippen LogP contribution in [0, 0.1) is 0 Å². The van der Waals surface area contributed by atoms with E-state index in [-0.39, 0.29) is 18.0 Å². The lowest BCUT2D eigenvalue weighted by atomic mass is 10.1. The molecule has 0 radical (unpaired) electrons. The minimum Gasteiger partial charge on any atom is -0.344 e. The second kappa shape index (κ2) is 6.24. The number of fused-ring (bicyclic) bond motifs is 3. The first kappa shape index (κ1) is 15.7. The van der Waals surface area contributed by atoms with Gasteiger partial charge >= 0.3 is 6.03 Å². The molecule has 2 aromatic carbocycles. The summed E-state index contributed by atoms with van der Waals surface area (Å²) >= 11 is 0. The number of likely N-dealkylation sites (N-methyl/N-ethyl adjacent to an activating group) is 1. The Balaban J connectivity index is 1.41. The van der Waals surface area contributed by atoms with E-state index in [1.807, 2.05) is 12.1 Å². The molecule has 1 heterocycles. The second-order valence-corrected chi connectivity index (χ2v) is 6.81. The third-order valence-electron chi connectivity index (χ3n) is 5.01. The molecule has 128 valence electrons. The van der Waals surface area contributed by atoms with Crippen LogP contribution in [0.25, 0.3) is 11.1 Å². The summed E-state index contributed by atoms with van der Waals surface area (Å²) in [5, 5.41) is 5.88. The Morgan fingerprint density at radius 3 is 2.76 bits per heavy atom. The Labute approximate surface area is 147 Å². The average Bonchev–Trinajstić information content (AvgIpc) is 2.96. The first-order valence-corrected chi connectivity index (χ1v) is 8.63. The highest BCUT2D eigenvalue weighted by Crippen LogP contribution is 2.37. The van der Waals surface area contributed by atoms with Crippen LogP contribution in [-0.2, 0) is 11.2 Å². The summed E-state index contributed by atoms with van der Waals surface area (Å²) in [6.45, 7) is 0.561. The second-order valence-electron chi connectivity index (χ2n) is 6.81. The molecular weight excluding hydrogens is 314 g/mol. The number of anilines is 1. The van der Waals surface area contributed by atoms with Gasteiger partial charge in [0.15, 0.2) is 0 Å². The highest BCUT2D eigenvalue weighted by Gasteiger charge is 2.24. The molecule has 1 atom stereocenters. The zero-order valence-electron chi connectivity index (χ0n) is 14.2. The normalized spacial score (nSPS) is 18.5. The lowest BCUT2D eigenvalue weighted by molar-refractivity contribution is -0.132.